The number of nitrogens with zero attached hydrogens (tertiary/aromatic N) is 1. The van der Waals surface area contributed by atoms with Crippen molar-refractivity contribution >= 4 is 0 Å². The van der Waals surface area contributed by atoms with Crippen LogP contribution in [0.5, 0.6) is 0 Å². The average molecular weight is 284 g/mol. The minimum atomic E-state index is -0.794. The monoisotopic (exact) mass is 284 g/mol. The molecule has 2 atom stereocenters. The second-order valence-corrected chi connectivity index (χ2v) is 5.35. The molecule has 0 amide bonds. The van der Waals surface area contributed by atoms with Crippen molar-refractivity contribution in [2.24, 2.45) is 0 Å². The SMILES string of the molecule is CC(CN1CCOCC1)NC(C)c1cccc(F)c1F. The van der Waals surface area contributed by atoms with E-state index >= 15 is 0 Å². The Kier molecular flexibility index (Phi) is 5.46. The highest BCUT2D eigenvalue weighted by atomic mass is 19.2. The topological polar surface area (TPSA) is 24.5 Å². The molecule has 1 aromatic rings. The van der Waals surface area contributed by atoms with Crippen LogP contribution in [0, 0.1) is 11.6 Å². The lowest BCUT2D eigenvalue weighted by molar-refractivity contribution is 0.0339. The van der Waals surface area contributed by atoms with Crippen LogP contribution in [-0.4, -0.2) is 43.8 Å². The average Bonchev–Trinajstić information content (AvgIpc) is 2.42. The second kappa shape index (κ2) is 7.11. The highest BCUT2D eigenvalue weighted by Crippen LogP contribution is 2.19. The third-order valence-electron chi connectivity index (χ3n) is 3.62. The maximum Gasteiger partial charge on any atom is 0.163 e. The number of benzene rings is 1. The Morgan fingerprint density at radius 3 is 2.65 bits per heavy atom. The summed E-state index contributed by atoms with van der Waals surface area (Å²) in [5.74, 6) is -1.55. The standard InChI is InChI=1S/C15H22F2N2O/c1-11(10-19-6-8-20-9-7-19)18-12(2)13-4-3-5-14(16)15(13)17/h3-5,11-12,18H,6-10H2,1-2H3. The molecule has 0 saturated carbocycles. The van der Waals surface area contributed by atoms with Crippen LogP contribution in [0.1, 0.15) is 25.5 Å². The van der Waals surface area contributed by atoms with Gasteiger partial charge in [-0.2, -0.15) is 0 Å². The molecular weight excluding hydrogens is 262 g/mol. The first-order valence-electron chi connectivity index (χ1n) is 7.08. The molecule has 2 rings (SSSR count). The fraction of sp³-hybridized carbons (Fsp3) is 0.600. The predicted octanol–water partition coefficient (Wildman–Crippen LogP) is 2.34. The van der Waals surface area contributed by atoms with Crippen molar-refractivity contribution in [3.63, 3.8) is 0 Å². The molecule has 1 saturated heterocycles. The summed E-state index contributed by atoms with van der Waals surface area (Å²) in [7, 11) is 0. The van der Waals surface area contributed by atoms with E-state index < -0.39 is 11.6 Å². The van der Waals surface area contributed by atoms with Crippen molar-refractivity contribution in [1.82, 2.24) is 10.2 Å². The molecule has 0 aliphatic carbocycles. The van der Waals surface area contributed by atoms with E-state index in [0.717, 1.165) is 38.9 Å². The molecule has 2 unspecified atom stereocenters. The number of hydrogen-bond donors (Lipinski definition) is 1. The summed E-state index contributed by atoms with van der Waals surface area (Å²) >= 11 is 0. The van der Waals surface area contributed by atoms with E-state index in [1.807, 2.05) is 6.92 Å². The van der Waals surface area contributed by atoms with Gasteiger partial charge >= 0.3 is 0 Å². The molecule has 1 aliphatic heterocycles. The lowest BCUT2D eigenvalue weighted by atomic mass is 10.1. The Morgan fingerprint density at radius 1 is 1.25 bits per heavy atom. The molecule has 0 aromatic heterocycles. The molecule has 1 N–H and O–H groups in total. The maximum absolute atomic E-state index is 13.7. The summed E-state index contributed by atoms with van der Waals surface area (Å²) in [6, 6.07) is 4.28. The quantitative estimate of drug-likeness (QED) is 0.898. The summed E-state index contributed by atoms with van der Waals surface area (Å²) in [6.45, 7) is 8.17. The summed E-state index contributed by atoms with van der Waals surface area (Å²) in [5.41, 5.74) is 0.374. The molecule has 5 heteroatoms. The van der Waals surface area contributed by atoms with Crippen LogP contribution >= 0.6 is 0 Å². The van der Waals surface area contributed by atoms with Gasteiger partial charge in [0.1, 0.15) is 0 Å². The Balaban J connectivity index is 1.89. The van der Waals surface area contributed by atoms with Gasteiger partial charge in [-0.3, -0.25) is 4.90 Å². The van der Waals surface area contributed by atoms with Gasteiger partial charge in [0, 0.05) is 37.3 Å². The molecule has 1 aliphatic rings. The van der Waals surface area contributed by atoms with E-state index in [2.05, 4.69) is 17.1 Å². The van der Waals surface area contributed by atoms with E-state index in [9.17, 15) is 8.78 Å². The van der Waals surface area contributed by atoms with Crippen LogP contribution in [0.3, 0.4) is 0 Å². The minimum Gasteiger partial charge on any atom is -0.379 e. The summed E-state index contributed by atoms with van der Waals surface area (Å²) < 4.78 is 32.3. The number of rotatable bonds is 5. The van der Waals surface area contributed by atoms with E-state index in [1.54, 1.807) is 12.1 Å². The smallest absolute Gasteiger partial charge is 0.163 e. The van der Waals surface area contributed by atoms with Crippen LogP contribution in [0.15, 0.2) is 18.2 Å². The molecule has 0 spiro atoms. The number of morpholine rings is 1. The van der Waals surface area contributed by atoms with E-state index in [0.29, 0.717) is 5.56 Å². The fourth-order valence-corrected chi connectivity index (χ4v) is 2.60. The van der Waals surface area contributed by atoms with Crippen molar-refractivity contribution < 1.29 is 13.5 Å². The fourth-order valence-electron chi connectivity index (χ4n) is 2.60. The van der Waals surface area contributed by atoms with Gasteiger partial charge in [-0.15, -0.1) is 0 Å². The first-order chi connectivity index (χ1) is 9.58. The molecule has 1 heterocycles. The minimum absolute atomic E-state index is 0.200. The van der Waals surface area contributed by atoms with Crippen molar-refractivity contribution in [3.8, 4) is 0 Å². The molecule has 0 bridgehead atoms. The third kappa shape index (κ3) is 3.98. The van der Waals surface area contributed by atoms with Gasteiger partial charge in [-0.05, 0) is 19.9 Å². The summed E-state index contributed by atoms with van der Waals surface area (Å²) in [5, 5.41) is 3.32. The van der Waals surface area contributed by atoms with Crippen molar-refractivity contribution in [1.29, 1.82) is 0 Å². The Morgan fingerprint density at radius 2 is 1.95 bits per heavy atom. The van der Waals surface area contributed by atoms with Gasteiger partial charge in [0.25, 0.3) is 0 Å². The second-order valence-electron chi connectivity index (χ2n) is 5.35. The number of nitrogens with one attached hydrogen (secondary N) is 1. The van der Waals surface area contributed by atoms with E-state index in [4.69, 9.17) is 4.74 Å². The molecule has 3 nitrogen and oxygen atoms in total. The third-order valence-corrected chi connectivity index (χ3v) is 3.62. The normalized spacial score (nSPS) is 19.8. The Bertz CT molecular complexity index is 436. The Hall–Kier alpha value is -1.04. The van der Waals surface area contributed by atoms with Crippen molar-refractivity contribution in [2.45, 2.75) is 25.9 Å². The highest BCUT2D eigenvalue weighted by molar-refractivity contribution is 5.22. The Labute approximate surface area is 118 Å². The lowest BCUT2D eigenvalue weighted by Crippen LogP contribution is -2.45. The predicted molar refractivity (Wildman–Crippen MR) is 74.6 cm³/mol. The number of halogens is 2. The molecule has 20 heavy (non-hydrogen) atoms. The van der Waals surface area contributed by atoms with Crippen molar-refractivity contribution in [2.75, 3.05) is 32.8 Å². The van der Waals surface area contributed by atoms with Crippen LogP contribution in [0.2, 0.25) is 0 Å². The van der Waals surface area contributed by atoms with Gasteiger partial charge in [-0.25, -0.2) is 8.78 Å². The zero-order valence-corrected chi connectivity index (χ0v) is 12.0. The van der Waals surface area contributed by atoms with Crippen LogP contribution < -0.4 is 5.32 Å². The molecular formula is C15H22F2N2O. The lowest BCUT2D eigenvalue weighted by Gasteiger charge is -2.30. The van der Waals surface area contributed by atoms with Gasteiger partial charge in [0.15, 0.2) is 11.6 Å². The van der Waals surface area contributed by atoms with Crippen molar-refractivity contribution in [3.05, 3.63) is 35.4 Å². The van der Waals surface area contributed by atoms with E-state index in [1.165, 1.54) is 0 Å². The van der Waals surface area contributed by atoms with Crippen LogP contribution in [0.4, 0.5) is 8.78 Å². The molecule has 1 fully saturated rings. The largest absolute Gasteiger partial charge is 0.379 e. The maximum atomic E-state index is 13.7. The molecule has 0 radical (unpaired) electrons. The zero-order chi connectivity index (χ0) is 14.5. The van der Waals surface area contributed by atoms with Crippen LogP contribution in [-0.2, 0) is 4.74 Å². The zero-order valence-electron chi connectivity index (χ0n) is 12.0. The summed E-state index contributed by atoms with van der Waals surface area (Å²) in [4.78, 5) is 2.32. The number of ether oxygens (including phenoxy) is 1. The molecule has 1 aromatic carbocycles. The molecule has 112 valence electrons. The summed E-state index contributed by atoms with van der Waals surface area (Å²) in [6.07, 6.45) is 0. The first-order valence-corrected chi connectivity index (χ1v) is 7.08. The van der Waals surface area contributed by atoms with Gasteiger partial charge < -0.3 is 10.1 Å². The highest BCUT2D eigenvalue weighted by Gasteiger charge is 2.18. The van der Waals surface area contributed by atoms with Gasteiger partial charge in [-0.1, -0.05) is 12.1 Å². The van der Waals surface area contributed by atoms with Gasteiger partial charge in [0.05, 0.1) is 13.2 Å². The number of hydrogen-bond acceptors (Lipinski definition) is 3. The van der Waals surface area contributed by atoms with Gasteiger partial charge in [0.2, 0.25) is 0 Å². The van der Waals surface area contributed by atoms with E-state index in [-0.39, 0.29) is 12.1 Å². The van der Waals surface area contributed by atoms with Crippen LogP contribution in [0.25, 0.3) is 0 Å². The first kappa shape index (κ1) is 15.4.